The van der Waals surface area contributed by atoms with E-state index in [1.807, 2.05) is 12.3 Å². The van der Waals surface area contributed by atoms with Gasteiger partial charge in [-0.25, -0.2) is 0 Å². The van der Waals surface area contributed by atoms with Gasteiger partial charge in [0.1, 0.15) is 0 Å². The minimum atomic E-state index is -0.386. The normalized spacial score (nSPS) is 18.6. The Kier molecular flexibility index (Phi) is 6.29. The van der Waals surface area contributed by atoms with E-state index in [1.165, 1.54) is 0 Å². The van der Waals surface area contributed by atoms with Gasteiger partial charge >= 0.3 is 0 Å². The van der Waals surface area contributed by atoms with E-state index >= 15 is 0 Å². The molecule has 1 aliphatic heterocycles. The van der Waals surface area contributed by atoms with Crippen molar-refractivity contribution in [1.29, 1.82) is 0 Å². The van der Waals surface area contributed by atoms with Gasteiger partial charge in [0.05, 0.1) is 25.9 Å². The molecule has 1 aromatic rings. The molecule has 19 heavy (non-hydrogen) atoms. The van der Waals surface area contributed by atoms with Gasteiger partial charge in [0.25, 0.3) is 0 Å². The lowest BCUT2D eigenvalue weighted by Gasteiger charge is -2.26. The lowest BCUT2D eigenvalue weighted by molar-refractivity contribution is 0.0373. The topological polar surface area (TPSA) is 62.6 Å². The molecule has 0 saturated carbocycles. The van der Waals surface area contributed by atoms with Gasteiger partial charge in [-0.1, -0.05) is 0 Å². The van der Waals surface area contributed by atoms with E-state index in [-0.39, 0.29) is 6.10 Å². The van der Waals surface area contributed by atoms with Gasteiger partial charge in [0, 0.05) is 32.0 Å². The third-order valence-corrected chi connectivity index (χ3v) is 3.27. The van der Waals surface area contributed by atoms with Gasteiger partial charge < -0.3 is 15.2 Å². The van der Waals surface area contributed by atoms with Crippen molar-refractivity contribution in [1.82, 2.24) is 20.0 Å². The molecule has 6 nitrogen and oxygen atoms in total. The van der Waals surface area contributed by atoms with Crippen molar-refractivity contribution < 1.29 is 9.84 Å². The summed E-state index contributed by atoms with van der Waals surface area (Å²) in [7, 11) is 0. The average Bonchev–Trinajstić information content (AvgIpc) is 2.92. The minimum Gasteiger partial charge on any atom is -0.390 e. The van der Waals surface area contributed by atoms with Gasteiger partial charge in [0.15, 0.2) is 0 Å². The molecule has 2 rings (SSSR count). The molecule has 1 atom stereocenters. The van der Waals surface area contributed by atoms with Crippen LogP contribution in [-0.2, 0) is 11.3 Å². The van der Waals surface area contributed by atoms with Crippen molar-refractivity contribution in [2.75, 3.05) is 45.9 Å². The summed E-state index contributed by atoms with van der Waals surface area (Å²) in [4.78, 5) is 2.42. The summed E-state index contributed by atoms with van der Waals surface area (Å²) >= 11 is 0. The van der Waals surface area contributed by atoms with Crippen molar-refractivity contribution in [3.8, 4) is 0 Å². The predicted octanol–water partition coefficient (Wildman–Crippen LogP) is -0.444. The van der Waals surface area contributed by atoms with E-state index < -0.39 is 0 Å². The summed E-state index contributed by atoms with van der Waals surface area (Å²) < 4.78 is 7.06. The van der Waals surface area contributed by atoms with E-state index in [9.17, 15) is 5.11 Å². The second kappa shape index (κ2) is 8.27. The maximum Gasteiger partial charge on any atom is 0.0860 e. The maximum atomic E-state index is 9.82. The monoisotopic (exact) mass is 268 g/mol. The number of aliphatic hydroxyl groups is 1. The predicted molar refractivity (Wildman–Crippen MR) is 73.0 cm³/mol. The Morgan fingerprint density at radius 1 is 1.37 bits per heavy atom. The molecule has 0 radical (unpaired) electrons. The van der Waals surface area contributed by atoms with E-state index in [4.69, 9.17) is 4.74 Å². The molecular weight excluding hydrogens is 244 g/mol. The molecule has 1 fully saturated rings. The van der Waals surface area contributed by atoms with Gasteiger partial charge in [-0.15, -0.1) is 0 Å². The Hall–Kier alpha value is -0.950. The Morgan fingerprint density at radius 2 is 2.21 bits per heavy atom. The van der Waals surface area contributed by atoms with Crippen LogP contribution in [0.15, 0.2) is 18.5 Å². The first-order chi connectivity index (χ1) is 9.34. The van der Waals surface area contributed by atoms with E-state index in [0.29, 0.717) is 13.1 Å². The molecular formula is C13H24N4O2. The molecule has 0 bridgehead atoms. The van der Waals surface area contributed by atoms with Crippen LogP contribution in [0.25, 0.3) is 0 Å². The highest BCUT2D eigenvalue weighted by Crippen LogP contribution is 1.97. The maximum absolute atomic E-state index is 9.82. The molecule has 1 saturated heterocycles. The van der Waals surface area contributed by atoms with Crippen molar-refractivity contribution in [2.45, 2.75) is 19.1 Å². The SMILES string of the molecule is OC(CNCCCN1CCOCC1)Cn1cccn1. The molecule has 0 spiro atoms. The number of aromatic nitrogens is 2. The number of ether oxygens (including phenoxy) is 1. The Bertz CT molecular complexity index is 325. The minimum absolute atomic E-state index is 0.386. The van der Waals surface area contributed by atoms with Crippen molar-refractivity contribution in [3.05, 3.63) is 18.5 Å². The highest BCUT2D eigenvalue weighted by Gasteiger charge is 2.09. The highest BCUT2D eigenvalue weighted by atomic mass is 16.5. The molecule has 1 aromatic heterocycles. The fourth-order valence-corrected chi connectivity index (χ4v) is 2.21. The van der Waals surface area contributed by atoms with Crippen LogP contribution in [0.3, 0.4) is 0 Å². The summed E-state index contributed by atoms with van der Waals surface area (Å²) in [6.45, 7) is 7.00. The van der Waals surface area contributed by atoms with E-state index in [0.717, 1.165) is 45.8 Å². The molecule has 0 aliphatic carbocycles. The number of morpholine rings is 1. The second-order valence-electron chi connectivity index (χ2n) is 4.89. The largest absolute Gasteiger partial charge is 0.390 e. The van der Waals surface area contributed by atoms with Gasteiger partial charge in [-0.2, -0.15) is 5.10 Å². The van der Waals surface area contributed by atoms with Crippen LogP contribution < -0.4 is 5.32 Å². The zero-order valence-electron chi connectivity index (χ0n) is 11.4. The van der Waals surface area contributed by atoms with E-state index in [1.54, 1.807) is 10.9 Å². The number of nitrogens with zero attached hydrogens (tertiary/aromatic N) is 3. The highest BCUT2D eigenvalue weighted by molar-refractivity contribution is 4.78. The zero-order chi connectivity index (χ0) is 13.3. The standard InChI is InChI=1S/C13H24N4O2/c18-13(12-17-6-2-4-15-17)11-14-3-1-5-16-7-9-19-10-8-16/h2,4,6,13-14,18H,1,3,5,7-12H2. The number of aliphatic hydroxyl groups excluding tert-OH is 1. The summed E-state index contributed by atoms with van der Waals surface area (Å²) in [5.41, 5.74) is 0. The van der Waals surface area contributed by atoms with Crippen LogP contribution >= 0.6 is 0 Å². The van der Waals surface area contributed by atoms with Crippen molar-refractivity contribution in [3.63, 3.8) is 0 Å². The van der Waals surface area contributed by atoms with Crippen LogP contribution in [0, 0.1) is 0 Å². The Labute approximate surface area is 114 Å². The Morgan fingerprint density at radius 3 is 2.95 bits per heavy atom. The molecule has 2 heterocycles. The lowest BCUT2D eigenvalue weighted by Crippen LogP contribution is -2.38. The van der Waals surface area contributed by atoms with Crippen LogP contribution in [0.1, 0.15) is 6.42 Å². The molecule has 6 heteroatoms. The molecule has 0 aromatic carbocycles. The third kappa shape index (κ3) is 5.69. The first-order valence-corrected chi connectivity index (χ1v) is 7.01. The Balaban J connectivity index is 1.47. The molecule has 108 valence electrons. The fraction of sp³-hybridized carbons (Fsp3) is 0.769. The van der Waals surface area contributed by atoms with Gasteiger partial charge in [-0.3, -0.25) is 9.58 Å². The zero-order valence-corrected chi connectivity index (χ0v) is 11.4. The number of nitrogens with one attached hydrogen (secondary N) is 1. The fourth-order valence-electron chi connectivity index (χ4n) is 2.21. The van der Waals surface area contributed by atoms with Crippen LogP contribution in [0.2, 0.25) is 0 Å². The smallest absolute Gasteiger partial charge is 0.0860 e. The first kappa shape index (κ1) is 14.5. The molecule has 2 N–H and O–H groups in total. The van der Waals surface area contributed by atoms with Crippen molar-refractivity contribution >= 4 is 0 Å². The number of rotatable bonds is 8. The van der Waals surface area contributed by atoms with Crippen LogP contribution in [-0.4, -0.2) is 71.8 Å². The van der Waals surface area contributed by atoms with Gasteiger partial charge in [0.2, 0.25) is 0 Å². The quantitative estimate of drug-likeness (QED) is 0.626. The molecule has 0 amide bonds. The van der Waals surface area contributed by atoms with Gasteiger partial charge in [-0.05, 0) is 25.6 Å². The number of hydrogen-bond acceptors (Lipinski definition) is 5. The average molecular weight is 268 g/mol. The summed E-state index contributed by atoms with van der Waals surface area (Å²) in [6, 6.07) is 1.86. The summed E-state index contributed by atoms with van der Waals surface area (Å²) in [5, 5.41) is 17.2. The molecule has 1 unspecified atom stereocenters. The third-order valence-electron chi connectivity index (χ3n) is 3.27. The first-order valence-electron chi connectivity index (χ1n) is 7.01. The second-order valence-corrected chi connectivity index (χ2v) is 4.89. The van der Waals surface area contributed by atoms with Crippen LogP contribution in [0.4, 0.5) is 0 Å². The lowest BCUT2D eigenvalue weighted by atomic mass is 10.3. The van der Waals surface area contributed by atoms with E-state index in [2.05, 4.69) is 15.3 Å². The number of hydrogen-bond donors (Lipinski definition) is 2. The van der Waals surface area contributed by atoms with Crippen molar-refractivity contribution in [2.24, 2.45) is 0 Å². The molecule has 1 aliphatic rings. The summed E-state index contributed by atoms with van der Waals surface area (Å²) in [6.07, 6.45) is 4.31. The summed E-state index contributed by atoms with van der Waals surface area (Å²) in [5.74, 6) is 0. The van der Waals surface area contributed by atoms with Crippen LogP contribution in [0.5, 0.6) is 0 Å².